The SMILES string of the molecule is CO[SH]1CC(CSc2nnnn2C)=C(C(=O)O[Si](C)(C)C)N2C(=O)CC21. The van der Waals surface area contributed by atoms with Gasteiger partial charge in [-0.2, -0.15) is 0 Å². The molecule has 2 atom stereocenters. The molecule has 1 aromatic rings. The third kappa shape index (κ3) is 3.82. The Kier molecular flexibility index (Phi) is 5.47. The molecule has 0 aliphatic carbocycles. The Balaban J connectivity index is 1.91. The average molecular weight is 418 g/mol. The zero-order chi connectivity index (χ0) is 19.1. The van der Waals surface area contributed by atoms with Crippen LogP contribution >= 0.6 is 22.9 Å². The summed E-state index contributed by atoms with van der Waals surface area (Å²) in [7, 11) is 1.34. The molecule has 9 nitrogen and oxygen atoms in total. The van der Waals surface area contributed by atoms with Crippen molar-refractivity contribution in [3.8, 4) is 0 Å². The summed E-state index contributed by atoms with van der Waals surface area (Å²) < 4.78 is 12.9. The zero-order valence-corrected chi connectivity index (χ0v) is 18.1. The molecule has 1 amide bonds. The molecule has 1 fully saturated rings. The summed E-state index contributed by atoms with van der Waals surface area (Å²) in [5.41, 5.74) is 1.26. The molecule has 2 unspecified atom stereocenters. The number of carbonyl (C=O) groups is 2. The van der Waals surface area contributed by atoms with Gasteiger partial charge in [-0.1, -0.05) is 11.8 Å². The van der Waals surface area contributed by atoms with Crippen LogP contribution in [0.15, 0.2) is 16.4 Å². The first-order valence-electron chi connectivity index (χ1n) is 8.14. The molecule has 0 N–H and O–H groups in total. The van der Waals surface area contributed by atoms with Crippen molar-refractivity contribution in [2.24, 2.45) is 7.05 Å². The number of thioether (sulfide) groups is 1. The number of fused-ring (bicyclic) bond motifs is 1. The Labute approximate surface area is 160 Å². The van der Waals surface area contributed by atoms with Gasteiger partial charge in [0.05, 0.1) is 11.8 Å². The molecule has 0 saturated carbocycles. The Hall–Kier alpha value is -1.37. The smallest absolute Gasteiger partial charge is 0.341 e. The summed E-state index contributed by atoms with van der Waals surface area (Å²) in [5.74, 6) is 0.696. The average Bonchev–Trinajstić information content (AvgIpc) is 2.95. The fourth-order valence-electron chi connectivity index (χ4n) is 2.81. The standard InChI is InChI=1S/C14H23N5O4S2Si/c1-18-14(15-16-17-18)24-7-9-8-25(22-2)11-6-10(20)19(11)12(9)13(21)23-26(3,4)5/h11,25H,6-8H2,1-5H3. The number of rotatable bonds is 6. The van der Waals surface area contributed by atoms with E-state index in [0.29, 0.717) is 28.8 Å². The van der Waals surface area contributed by atoms with Crippen molar-refractivity contribution in [2.75, 3.05) is 18.6 Å². The van der Waals surface area contributed by atoms with Crippen molar-refractivity contribution in [2.45, 2.75) is 36.6 Å². The molecule has 144 valence electrons. The molecule has 0 radical (unpaired) electrons. The maximum Gasteiger partial charge on any atom is 0.341 e. The molecule has 3 heterocycles. The first kappa shape index (κ1) is 19.4. The second-order valence-corrected chi connectivity index (χ2v) is 14.5. The van der Waals surface area contributed by atoms with Crippen LogP contribution in [0.1, 0.15) is 6.42 Å². The predicted octanol–water partition coefficient (Wildman–Crippen LogP) is 1.07. The summed E-state index contributed by atoms with van der Waals surface area (Å²) in [6.45, 7) is 5.85. The third-order valence-corrected chi connectivity index (χ3v) is 8.10. The van der Waals surface area contributed by atoms with E-state index in [4.69, 9.17) is 8.61 Å². The van der Waals surface area contributed by atoms with E-state index in [1.807, 2.05) is 19.6 Å². The second kappa shape index (κ2) is 7.33. The highest BCUT2D eigenvalue weighted by molar-refractivity contribution is 8.13. The van der Waals surface area contributed by atoms with E-state index in [1.165, 1.54) is 11.8 Å². The highest BCUT2D eigenvalue weighted by Gasteiger charge is 2.49. The number of thiol groups is 1. The summed E-state index contributed by atoms with van der Waals surface area (Å²) in [5, 5.41) is 12.0. The minimum Gasteiger partial charge on any atom is -0.515 e. The number of aromatic nitrogens is 4. The Bertz CT molecular complexity index is 763. The Morgan fingerprint density at radius 1 is 1.42 bits per heavy atom. The molecule has 26 heavy (non-hydrogen) atoms. The molecule has 0 aromatic carbocycles. The van der Waals surface area contributed by atoms with E-state index in [2.05, 4.69) is 15.5 Å². The summed E-state index contributed by atoms with van der Waals surface area (Å²) in [6, 6.07) is 0. The van der Waals surface area contributed by atoms with Gasteiger partial charge in [0, 0.05) is 25.7 Å². The molecule has 2 aliphatic rings. The third-order valence-electron chi connectivity index (χ3n) is 3.96. The van der Waals surface area contributed by atoms with Gasteiger partial charge in [-0.15, -0.1) is 16.3 Å². The van der Waals surface area contributed by atoms with Gasteiger partial charge in [0.2, 0.25) is 19.4 Å². The monoisotopic (exact) mass is 417 g/mol. The van der Waals surface area contributed by atoms with E-state index < -0.39 is 25.5 Å². The van der Waals surface area contributed by atoms with E-state index in [0.717, 1.165) is 5.57 Å². The fourth-order valence-corrected chi connectivity index (χ4v) is 6.55. The number of aryl methyl sites for hydroxylation is 1. The van der Waals surface area contributed by atoms with Crippen molar-refractivity contribution in [1.82, 2.24) is 25.1 Å². The minimum absolute atomic E-state index is 0.0306. The molecule has 0 bridgehead atoms. The van der Waals surface area contributed by atoms with Gasteiger partial charge >= 0.3 is 5.97 Å². The predicted molar refractivity (Wildman–Crippen MR) is 102 cm³/mol. The normalized spacial score (nSPS) is 24.3. The van der Waals surface area contributed by atoms with Crippen LogP contribution in [-0.2, 0) is 25.2 Å². The number of tetrazole rings is 1. The lowest BCUT2D eigenvalue weighted by Crippen LogP contribution is -2.56. The number of nitrogens with zero attached hydrogens (tertiary/aromatic N) is 5. The maximum absolute atomic E-state index is 12.9. The lowest BCUT2D eigenvalue weighted by molar-refractivity contribution is -0.145. The number of β-lactam (4-membered cyclic amide) rings is 1. The van der Waals surface area contributed by atoms with Crippen molar-refractivity contribution < 1.29 is 18.2 Å². The quantitative estimate of drug-likeness (QED) is 0.318. The summed E-state index contributed by atoms with van der Waals surface area (Å²) in [4.78, 5) is 26.7. The lowest BCUT2D eigenvalue weighted by Gasteiger charge is -2.50. The topological polar surface area (TPSA) is 99.4 Å². The molecule has 2 aliphatic heterocycles. The van der Waals surface area contributed by atoms with Crippen molar-refractivity contribution in [3.05, 3.63) is 11.3 Å². The zero-order valence-electron chi connectivity index (χ0n) is 15.4. The van der Waals surface area contributed by atoms with Crippen LogP contribution in [0.4, 0.5) is 0 Å². The van der Waals surface area contributed by atoms with Crippen molar-refractivity contribution >= 4 is 43.1 Å². The van der Waals surface area contributed by atoms with Gasteiger partial charge in [0.25, 0.3) is 0 Å². The molecule has 1 saturated heterocycles. The van der Waals surface area contributed by atoms with Gasteiger partial charge in [0.1, 0.15) is 5.70 Å². The Morgan fingerprint density at radius 3 is 2.69 bits per heavy atom. The van der Waals surface area contributed by atoms with Crippen LogP contribution in [-0.4, -0.2) is 69.3 Å². The first-order valence-corrected chi connectivity index (χ1v) is 14.1. The molecular weight excluding hydrogens is 394 g/mol. The number of carbonyl (C=O) groups excluding carboxylic acids is 2. The van der Waals surface area contributed by atoms with E-state index in [-0.39, 0.29) is 11.3 Å². The van der Waals surface area contributed by atoms with Crippen molar-refractivity contribution in [3.63, 3.8) is 0 Å². The highest BCUT2D eigenvalue weighted by atomic mass is 32.2. The van der Waals surface area contributed by atoms with Crippen LogP contribution in [0.3, 0.4) is 0 Å². The molecule has 0 spiro atoms. The van der Waals surface area contributed by atoms with Crippen LogP contribution < -0.4 is 0 Å². The number of amides is 1. The Morgan fingerprint density at radius 2 is 2.15 bits per heavy atom. The lowest BCUT2D eigenvalue weighted by atomic mass is 10.1. The van der Waals surface area contributed by atoms with Crippen LogP contribution in [0, 0.1) is 0 Å². The maximum atomic E-state index is 12.9. The van der Waals surface area contributed by atoms with E-state index in [1.54, 1.807) is 23.7 Å². The molecule has 12 heteroatoms. The van der Waals surface area contributed by atoms with Gasteiger partial charge in [-0.3, -0.25) is 9.69 Å². The van der Waals surface area contributed by atoms with Gasteiger partial charge in [-0.25, -0.2) is 9.48 Å². The highest BCUT2D eigenvalue weighted by Crippen LogP contribution is 2.50. The van der Waals surface area contributed by atoms with Gasteiger partial charge < -0.3 is 8.61 Å². The molecular formula is C14H23N5O4S2Si. The van der Waals surface area contributed by atoms with Crippen LogP contribution in [0.25, 0.3) is 0 Å². The fraction of sp³-hybridized carbons (Fsp3) is 0.643. The van der Waals surface area contributed by atoms with E-state index in [9.17, 15) is 9.59 Å². The van der Waals surface area contributed by atoms with E-state index >= 15 is 0 Å². The van der Waals surface area contributed by atoms with Crippen molar-refractivity contribution in [1.29, 1.82) is 0 Å². The summed E-state index contributed by atoms with van der Waals surface area (Å²) in [6.07, 6.45) is 0.427. The number of hydrogen-bond donors (Lipinski definition) is 1. The minimum atomic E-state index is -2.08. The van der Waals surface area contributed by atoms with Gasteiger partial charge in [-0.05, 0) is 35.6 Å². The van der Waals surface area contributed by atoms with Crippen LogP contribution in [0.5, 0.6) is 0 Å². The molecule has 1 aromatic heterocycles. The summed E-state index contributed by atoms with van der Waals surface area (Å²) >= 11 is 0.598. The van der Waals surface area contributed by atoms with Crippen LogP contribution in [0.2, 0.25) is 19.6 Å². The molecule has 3 rings (SSSR count). The second-order valence-electron chi connectivity index (χ2n) is 7.03. The van der Waals surface area contributed by atoms with Gasteiger partial charge in [0.15, 0.2) is 0 Å². The largest absolute Gasteiger partial charge is 0.515 e. The first-order chi connectivity index (χ1) is 12.2. The number of hydrogen-bond acceptors (Lipinski definition) is 8.